The van der Waals surface area contributed by atoms with Crippen LogP contribution in [0.1, 0.15) is 17.9 Å². The van der Waals surface area contributed by atoms with E-state index in [1.807, 2.05) is 0 Å². The van der Waals surface area contributed by atoms with Gasteiger partial charge in [-0.2, -0.15) is 0 Å². The Kier molecular flexibility index (Phi) is 4.39. The lowest BCUT2D eigenvalue weighted by Gasteiger charge is -2.16. The maximum Gasteiger partial charge on any atom is 0.311 e. The van der Waals surface area contributed by atoms with Gasteiger partial charge in [-0.1, -0.05) is 18.2 Å². The van der Waals surface area contributed by atoms with Gasteiger partial charge in [0.25, 0.3) is 0 Å². The van der Waals surface area contributed by atoms with Crippen molar-refractivity contribution in [1.82, 2.24) is 0 Å². The summed E-state index contributed by atoms with van der Waals surface area (Å²) in [5.74, 6) is -3.00. The molecule has 0 aliphatic rings. The van der Waals surface area contributed by atoms with E-state index in [4.69, 9.17) is 10.2 Å². The minimum absolute atomic E-state index is 0.0162. The molecule has 1 aromatic rings. The highest BCUT2D eigenvalue weighted by atomic mass is 19.1. The average Bonchev–Trinajstić information content (AvgIpc) is 2.26. The number of carboxylic acid groups (broad SMARTS) is 1. The van der Waals surface area contributed by atoms with Gasteiger partial charge < -0.3 is 15.3 Å². The van der Waals surface area contributed by atoms with Gasteiger partial charge in [-0.15, -0.1) is 0 Å². The molecule has 88 valence electrons. The quantitative estimate of drug-likeness (QED) is 0.694. The summed E-state index contributed by atoms with van der Waals surface area (Å²) in [6.07, 6.45) is -1.38. The number of rotatable bonds is 5. The van der Waals surface area contributed by atoms with Crippen molar-refractivity contribution in [2.75, 3.05) is 6.61 Å². The van der Waals surface area contributed by atoms with E-state index >= 15 is 0 Å². The van der Waals surface area contributed by atoms with Gasteiger partial charge in [-0.3, -0.25) is 4.79 Å². The first-order chi connectivity index (χ1) is 7.56. The highest BCUT2D eigenvalue weighted by Gasteiger charge is 2.25. The molecular weight excluding hydrogens is 215 g/mol. The lowest BCUT2D eigenvalue weighted by atomic mass is 9.93. The molecule has 3 N–H and O–H groups in total. The number of benzene rings is 1. The van der Waals surface area contributed by atoms with Crippen molar-refractivity contribution in [3.05, 3.63) is 35.6 Å². The molecule has 0 aromatic heterocycles. The molecule has 0 radical (unpaired) electrons. The number of carbonyl (C=O) groups is 1. The van der Waals surface area contributed by atoms with E-state index in [-0.39, 0.29) is 12.0 Å². The van der Waals surface area contributed by atoms with Crippen LogP contribution >= 0.6 is 0 Å². The van der Waals surface area contributed by atoms with Crippen molar-refractivity contribution in [3.63, 3.8) is 0 Å². The Morgan fingerprint density at radius 2 is 2.00 bits per heavy atom. The van der Waals surface area contributed by atoms with E-state index in [1.54, 1.807) is 0 Å². The number of aliphatic hydroxyl groups excluding tert-OH is 2. The summed E-state index contributed by atoms with van der Waals surface area (Å²) >= 11 is 0. The molecule has 0 saturated carbocycles. The fourth-order valence-electron chi connectivity index (χ4n) is 1.47. The number of carboxylic acids is 1. The summed E-state index contributed by atoms with van der Waals surface area (Å²) in [5.41, 5.74) is 0.0162. The number of hydrogen-bond acceptors (Lipinski definition) is 3. The van der Waals surface area contributed by atoms with Crippen LogP contribution in [-0.4, -0.2) is 34.0 Å². The summed E-state index contributed by atoms with van der Waals surface area (Å²) < 4.78 is 13.3. The second-order valence-corrected chi connectivity index (χ2v) is 3.48. The first kappa shape index (κ1) is 12.6. The van der Waals surface area contributed by atoms with Crippen molar-refractivity contribution in [2.45, 2.75) is 18.4 Å². The molecule has 0 fully saturated rings. The standard InChI is InChI=1S/C11H13FO4/c12-10-4-2-1-3-8(10)9(11(15)16)5-7(14)6-13/h1-4,7,9,13-14H,5-6H2,(H,15,16). The van der Waals surface area contributed by atoms with Gasteiger partial charge in [0.05, 0.1) is 18.6 Å². The highest BCUT2D eigenvalue weighted by molar-refractivity contribution is 5.76. The molecule has 0 saturated heterocycles. The van der Waals surface area contributed by atoms with Crippen LogP contribution in [0.15, 0.2) is 24.3 Å². The third kappa shape index (κ3) is 3.01. The Balaban J connectivity index is 2.94. The molecule has 5 heteroatoms. The monoisotopic (exact) mass is 228 g/mol. The maximum atomic E-state index is 13.3. The summed E-state index contributed by atoms with van der Waals surface area (Å²) in [4.78, 5) is 10.9. The van der Waals surface area contributed by atoms with E-state index in [9.17, 15) is 14.3 Å². The highest BCUT2D eigenvalue weighted by Crippen LogP contribution is 2.24. The SMILES string of the molecule is O=C(O)C(CC(O)CO)c1ccccc1F. The number of aliphatic hydroxyl groups is 2. The molecule has 0 amide bonds. The van der Waals surface area contributed by atoms with Crippen LogP contribution in [0, 0.1) is 5.82 Å². The Labute approximate surface area is 92.0 Å². The molecule has 0 aliphatic heterocycles. The van der Waals surface area contributed by atoms with Gasteiger partial charge in [0.1, 0.15) is 5.82 Å². The number of halogens is 1. The lowest BCUT2D eigenvalue weighted by molar-refractivity contribution is -0.139. The predicted octanol–water partition coefficient (Wildman–Crippen LogP) is 0.737. The smallest absolute Gasteiger partial charge is 0.311 e. The largest absolute Gasteiger partial charge is 0.481 e. The Morgan fingerprint density at radius 3 is 2.50 bits per heavy atom. The maximum absolute atomic E-state index is 13.3. The van der Waals surface area contributed by atoms with Crippen LogP contribution < -0.4 is 0 Å². The average molecular weight is 228 g/mol. The van der Waals surface area contributed by atoms with E-state index in [0.717, 1.165) is 6.07 Å². The molecule has 2 atom stereocenters. The molecule has 4 nitrogen and oxygen atoms in total. The fourth-order valence-corrected chi connectivity index (χ4v) is 1.47. The molecule has 0 spiro atoms. The van der Waals surface area contributed by atoms with Gasteiger partial charge >= 0.3 is 5.97 Å². The van der Waals surface area contributed by atoms with Gasteiger partial charge in [0, 0.05) is 5.56 Å². The summed E-state index contributed by atoms with van der Waals surface area (Å²) in [6.45, 7) is -0.543. The van der Waals surface area contributed by atoms with Crippen molar-refractivity contribution in [2.24, 2.45) is 0 Å². The molecule has 0 bridgehead atoms. The first-order valence-corrected chi connectivity index (χ1v) is 4.82. The summed E-state index contributed by atoms with van der Waals surface area (Å²) in [5, 5.41) is 26.8. The zero-order valence-electron chi connectivity index (χ0n) is 8.51. The molecular formula is C11H13FO4. The van der Waals surface area contributed by atoms with Crippen LogP contribution in [0.2, 0.25) is 0 Å². The van der Waals surface area contributed by atoms with Crippen molar-refractivity contribution in [1.29, 1.82) is 0 Å². The van der Waals surface area contributed by atoms with E-state index in [0.29, 0.717) is 0 Å². The second kappa shape index (κ2) is 5.58. The molecule has 2 unspecified atom stereocenters. The van der Waals surface area contributed by atoms with Crippen molar-refractivity contribution in [3.8, 4) is 0 Å². The van der Waals surface area contributed by atoms with Crippen molar-refractivity contribution < 1.29 is 24.5 Å². The van der Waals surface area contributed by atoms with Gasteiger partial charge in [-0.05, 0) is 12.5 Å². The third-order valence-electron chi connectivity index (χ3n) is 2.30. The zero-order valence-corrected chi connectivity index (χ0v) is 8.51. The van der Waals surface area contributed by atoms with Gasteiger partial charge in [0.15, 0.2) is 0 Å². The fraction of sp³-hybridized carbons (Fsp3) is 0.364. The van der Waals surface area contributed by atoms with Crippen molar-refractivity contribution >= 4 is 5.97 Å². The molecule has 1 aromatic carbocycles. The van der Waals surface area contributed by atoms with Crippen LogP contribution in [0.3, 0.4) is 0 Å². The first-order valence-electron chi connectivity index (χ1n) is 4.82. The second-order valence-electron chi connectivity index (χ2n) is 3.48. The van der Waals surface area contributed by atoms with Crippen LogP contribution in [0.4, 0.5) is 4.39 Å². The minimum Gasteiger partial charge on any atom is -0.481 e. The normalized spacial score (nSPS) is 14.4. The number of hydrogen-bond donors (Lipinski definition) is 3. The third-order valence-corrected chi connectivity index (χ3v) is 2.30. The summed E-state index contributed by atoms with van der Waals surface area (Å²) in [6, 6.07) is 5.51. The van der Waals surface area contributed by atoms with Crippen LogP contribution in [-0.2, 0) is 4.79 Å². The van der Waals surface area contributed by atoms with E-state index < -0.39 is 30.4 Å². The van der Waals surface area contributed by atoms with Crippen LogP contribution in [0.25, 0.3) is 0 Å². The number of aliphatic carboxylic acids is 1. The zero-order chi connectivity index (χ0) is 12.1. The Hall–Kier alpha value is -1.46. The van der Waals surface area contributed by atoms with Gasteiger partial charge in [-0.25, -0.2) is 4.39 Å². The van der Waals surface area contributed by atoms with E-state index in [2.05, 4.69) is 0 Å². The molecule has 1 rings (SSSR count). The summed E-state index contributed by atoms with van der Waals surface area (Å²) in [7, 11) is 0. The topological polar surface area (TPSA) is 77.8 Å². The lowest BCUT2D eigenvalue weighted by Crippen LogP contribution is -2.22. The van der Waals surface area contributed by atoms with Gasteiger partial charge in [0.2, 0.25) is 0 Å². The Morgan fingerprint density at radius 1 is 1.38 bits per heavy atom. The van der Waals surface area contributed by atoms with E-state index in [1.165, 1.54) is 18.2 Å². The molecule has 0 aliphatic carbocycles. The van der Waals surface area contributed by atoms with Crippen LogP contribution in [0.5, 0.6) is 0 Å². The molecule has 16 heavy (non-hydrogen) atoms. The minimum atomic E-state index is -1.22. The molecule has 0 heterocycles. The Bertz CT molecular complexity index is 367. The predicted molar refractivity (Wildman–Crippen MR) is 54.5 cm³/mol.